The zero-order valence-electron chi connectivity index (χ0n) is 16.7. The maximum atomic E-state index is 9.91. The van der Waals surface area contributed by atoms with Gasteiger partial charge in [-0.15, -0.1) is 0 Å². The molecule has 0 saturated carbocycles. The van der Waals surface area contributed by atoms with Gasteiger partial charge in [-0.3, -0.25) is 19.0 Å². The summed E-state index contributed by atoms with van der Waals surface area (Å²) in [6.45, 7) is 4.15. The van der Waals surface area contributed by atoms with Crippen molar-refractivity contribution in [3.05, 3.63) is 36.0 Å². The summed E-state index contributed by atoms with van der Waals surface area (Å²) in [5.74, 6) is 2.03. The van der Waals surface area contributed by atoms with Gasteiger partial charge >= 0.3 is 0 Å². The number of fused-ring (bicyclic) bond motifs is 1. The van der Waals surface area contributed by atoms with Crippen LogP contribution in [-0.2, 0) is 6.42 Å². The fourth-order valence-electron chi connectivity index (χ4n) is 4.46. The average molecular weight is 405 g/mol. The van der Waals surface area contributed by atoms with E-state index in [4.69, 9.17) is 4.74 Å². The van der Waals surface area contributed by atoms with Gasteiger partial charge in [0.25, 0.3) is 0 Å². The fourth-order valence-corrected chi connectivity index (χ4v) is 6.27. The number of rotatable bonds is 6. The average Bonchev–Trinajstić information content (AvgIpc) is 3.07. The van der Waals surface area contributed by atoms with Crippen molar-refractivity contribution in [1.29, 1.82) is 0 Å². The minimum absolute atomic E-state index is 0.199. The number of aryl methyl sites for hydroxylation is 1. The number of aromatic nitrogens is 1. The second-order valence-corrected chi connectivity index (χ2v) is 10.6. The van der Waals surface area contributed by atoms with Crippen LogP contribution in [0.15, 0.2) is 30.5 Å². The molecule has 0 bridgehead atoms. The Hall–Kier alpha value is -1.34. The Balaban J connectivity index is 1.42. The van der Waals surface area contributed by atoms with Gasteiger partial charge < -0.3 is 4.74 Å². The third-order valence-electron chi connectivity index (χ3n) is 6.07. The standard InChI is InChI=1S/C22H32N2O3S/c1-2-3-5-17-14-18-6-4-10-23-22(18)21(15-17)27-20-7-11-24(12-8-20)19-9-13-28(25,26)16-19/h4,6,10,14-15,19-20,25-26H,2-3,5,7-9,11-13,16H2,1H3. The van der Waals surface area contributed by atoms with Crippen LogP contribution in [0.4, 0.5) is 0 Å². The highest BCUT2D eigenvalue weighted by Crippen LogP contribution is 2.47. The van der Waals surface area contributed by atoms with Crippen LogP contribution in [0.25, 0.3) is 10.9 Å². The molecule has 0 aliphatic carbocycles. The lowest BCUT2D eigenvalue weighted by molar-refractivity contribution is 0.0822. The SMILES string of the molecule is CCCCc1cc(OC2CCN(C3CCS(O)(O)C3)CC2)c2ncccc2c1. The van der Waals surface area contributed by atoms with Gasteiger partial charge in [0.15, 0.2) is 0 Å². The summed E-state index contributed by atoms with van der Waals surface area (Å²) < 4.78 is 26.3. The van der Waals surface area contributed by atoms with E-state index >= 15 is 0 Å². The summed E-state index contributed by atoms with van der Waals surface area (Å²) in [6.07, 6.45) is 8.33. The van der Waals surface area contributed by atoms with E-state index in [1.807, 2.05) is 12.3 Å². The smallest absolute Gasteiger partial charge is 0.146 e. The van der Waals surface area contributed by atoms with Crippen LogP contribution in [0.2, 0.25) is 0 Å². The molecule has 1 aromatic carbocycles. The minimum Gasteiger partial charge on any atom is -0.488 e. The van der Waals surface area contributed by atoms with Crippen molar-refractivity contribution in [3.8, 4) is 5.75 Å². The molecule has 2 N–H and O–H groups in total. The number of pyridine rings is 1. The molecule has 2 saturated heterocycles. The van der Waals surface area contributed by atoms with Gasteiger partial charge in [-0.05, 0) is 55.9 Å². The zero-order valence-corrected chi connectivity index (χ0v) is 17.5. The van der Waals surface area contributed by atoms with E-state index in [1.54, 1.807) is 0 Å². The summed E-state index contributed by atoms with van der Waals surface area (Å²) in [5.41, 5.74) is 2.28. The van der Waals surface area contributed by atoms with E-state index in [1.165, 1.54) is 18.4 Å². The van der Waals surface area contributed by atoms with Gasteiger partial charge in [0.05, 0.1) is 5.75 Å². The first kappa shape index (κ1) is 20.0. The van der Waals surface area contributed by atoms with Gasteiger partial charge in [-0.25, -0.2) is 0 Å². The second kappa shape index (κ2) is 8.57. The Morgan fingerprint density at radius 3 is 2.75 bits per heavy atom. The van der Waals surface area contributed by atoms with Crippen molar-refractivity contribution >= 4 is 21.5 Å². The molecule has 1 unspecified atom stereocenters. The molecule has 154 valence electrons. The topological polar surface area (TPSA) is 65.8 Å². The molecule has 4 rings (SSSR count). The summed E-state index contributed by atoms with van der Waals surface area (Å²) in [7, 11) is -2.32. The lowest BCUT2D eigenvalue weighted by Gasteiger charge is -2.36. The maximum absolute atomic E-state index is 9.91. The molecular formula is C22H32N2O3S. The van der Waals surface area contributed by atoms with E-state index in [0.29, 0.717) is 17.5 Å². The normalized spacial score (nSPS) is 24.5. The molecular weight excluding hydrogens is 372 g/mol. The fraction of sp³-hybridized carbons (Fsp3) is 0.591. The molecule has 1 aromatic heterocycles. The Bertz CT molecular complexity index is 805. The summed E-state index contributed by atoms with van der Waals surface area (Å²) in [4.78, 5) is 7.00. The number of unbranched alkanes of at least 4 members (excludes halogenated alkanes) is 1. The van der Waals surface area contributed by atoms with Gasteiger partial charge in [0.1, 0.15) is 17.4 Å². The molecule has 0 radical (unpaired) electrons. The van der Waals surface area contributed by atoms with Crippen LogP contribution in [-0.4, -0.2) is 55.7 Å². The number of hydrogen-bond acceptors (Lipinski definition) is 5. The molecule has 28 heavy (non-hydrogen) atoms. The zero-order chi connectivity index (χ0) is 19.6. The Labute approximate surface area is 169 Å². The molecule has 2 aliphatic rings. The number of hydrogen-bond donors (Lipinski definition) is 2. The molecule has 6 heteroatoms. The van der Waals surface area contributed by atoms with Crippen molar-refractivity contribution in [1.82, 2.24) is 9.88 Å². The van der Waals surface area contributed by atoms with Gasteiger partial charge in [0, 0.05) is 36.5 Å². The number of ether oxygens (including phenoxy) is 1. The second-order valence-electron chi connectivity index (χ2n) is 8.24. The Kier molecular flexibility index (Phi) is 6.11. The van der Waals surface area contributed by atoms with Crippen molar-refractivity contribution in [2.75, 3.05) is 24.6 Å². The maximum Gasteiger partial charge on any atom is 0.146 e. The van der Waals surface area contributed by atoms with E-state index in [9.17, 15) is 9.11 Å². The molecule has 3 heterocycles. The minimum atomic E-state index is -2.32. The van der Waals surface area contributed by atoms with Crippen LogP contribution in [0.3, 0.4) is 0 Å². The highest BCUT2D eigenvalue weighted by molar-refractivity contribution is 8.24. The predicted octanol–water partition coefficient (Wildman–Crippen LogP) is 4.94. The third-order valence-corrected chi connectivity index (χ3v) is 7.88. The van der Waals surface area contributed by atoms with Crippen molar-refractivity contribution in [3.63, 3.8) is 0 Å². The van der Waals surface area contributed by atoms with E-state index in [2.05, 4.69) is 35.0 Å². The lowest BCUT2D eigenvalue weighted by Crippen LogP contribution is -2.44. The molecule has 2 fully saturated rings. The first-order valence-electron chi connectivity index (χ1n) is 10.6. The predicted molar refractivity (Wildman–Crippen MR) is 117 cm³/mol. The van der Waals surface area contributed by atoms with Crippen molar-refractivity contribution in [2.24, 2.45) is 0 Å². The van der Waals surface area contributed by atoms with Gasteiger partial charge in [-0.1, -0.05) is 19.4 Å². The van der Waals surface area contributed by atoms with Crippen molar-refractivity contribution < 1.29 is 13.8 Å². The van der Waals surface area contributed by atoms with Crippen LogP contribution in [0, 0.1) is 0 Å². The van der Waals surface area contributed by atoms with E-state index < -0.39 is 10.6 Å². The van der Waals surface area contributed by atoms with Crippen molar-refractivity contribution in [2.45, 2.75) is 57.6 Å². The first-order chi connectivity index (χ1) is 13.5. The van der Waals surface area contributed by atoms with Crippen LogP contribution in [0.5, 0.6) is 5.75 Å². The highest BCUT2D eigenvalue weighted by atomic mass is 32.3. The number of piperidine rings is 1. The van der Waals surface area contributed by atoms with Crippen LogP contribution < -0.4 is 4.74 Å². The van der Waals surface area contributed by atoms with E-state index in [-0.39, 0.29) is 6.10 Å². The Morgan fingerprint density at radius 1 is 1.21 bits per heavy atom. The summed E-state index contributed by atoms with van der Waals surface area (Å²) >= 11 is 0. The molecule has 2 aromatic rings. The summed E-state index contributed by atoms with van der Waals surface area (Å²) in [5, 5.41) is 1.15. The molecule has 0 spiro atoms. The van der Waals surface area contributed by atoms with Crippen LogP contribution in [0.1, 0.15) is 44.6 Å². The summed E-state index contributed by atoms with van der Waals surface area (Å²) in [6, 6.07) is 8.85. The highest BCUT2D eigenvalue weighted by Gasteiger charge is 2.34. The largest absolute Gasteiger partial charge is 0.488 e. The van der Waals surface area contributed by atoms with Crippen LogP contribution >= 0.6 is 10.6 Å². The number of benzene rings is 1. The van der Waals surface area contributed by atoms with Gasteiger partial charge in [0.2, 0.25) is 0 Å². The molecule has 0 amide bonds. The van der Waals surface area contributed by atoms with E-state index in [0.717, 1.165) is 55.4 Å². The Morgan fingerprint density at radius 2 is 2.04 bits per heavy atom. The molecule has 5 nitrogen and oxygen atoms in total. The quantitative estimate of drug-likeness (QED) is 0.714. The molecule has 2 aliphatic heterocycles. The lowest BCUT2D eigenvalue weighted by atomic mass is 10.0. The monoisotopic (exact) mass is 404 g/mol. The number of likely N-dealkylation sites (tertiary alicyclic amines) is 1. The molecule has 1 atom stereocenters. The number of nitrogens with zero attached hydrogens (tertiary/aromatic N) is 2. The third kappa shape index (κ3) is 4.62. The first-order valence-corrected chi connectivity index (χ1v) is 12.4. The van der Waals surface area contributed by atoms with Gasteiger partial charge in [-0.2, -0.15) is 10.6 Å².